The molecule has 0 heterocycles. The second-order valence-corrected chi connectivity index (χ2v) is 6.48. The Morgan fingerprint density at radius 1 is 1.20 bits per heavy atom. The van der Waals surface area contributed by atoms with Crippen molar-refractivity contribution in [1.29, 1.82) is 0 Å². The maximum Gasteiger partial charge on any atom is 0.191 e. The van der Waals surface area contributed by atoms with Crippen LogP contribution < -0.4 is 15.5 Å². The molecule has 0 bridgehead atoms. The zero-order valence-electron chi connectivity index (χ0n) is 16.3. The molecular formula is C19H35IN4O. The summed E-state index contributed by atoms with van der Waals surface area (Å²) in [6.45, 7) is 10.3. The molecule has 0 unspecified atom stereocenters. The zero-order valence-corrected chi connectivity index (χ0v) is 18.7. The molecule has 1 rings (SSSR count). The predicted octanol–water partition coefficient (Wildman–Crippen LogP) is 3.49. The van der Waals surface area contributed by atoms with E-state index in [1.54, 1.807) is 0 Å². The minimum absolute atomic E-state index is 0. The molecule has 0 amide bonds. The number of guanidine groups is 1. The highest BCUT2D eigenvalue weighted by Crippen LogP contribution is 2.13. The monoisotopic (exact) mass is 462 g/mol. The molecule has 5 nitrogen and oxygen atoms in total. The van der Waals surface area contributed by atoms with Gasteiger partial charge in [-0.25, -0.2) is 4.99 Å². The summed E-state index contributed by atoms with van der Waals surface area (Å²) in [7, 11) is 4.10. The minimum Gasteiger partial charge on any atom is -0.380 e. The fourth-order valence-electron chi connectivity index (χ4n) is 2.11. The first-order valence-electron chi connectivity index (χ1n) is 8.89. The number of halogens is 1. The average Bonchev–Trinajstić information content (AvgIpc) is 2.55. The zero-order chi connectivity index (χ0) is 17.8. The Labute approximate surface area is 170 Å². The fraction of sp³-hybridized carbons (Fsp3) is 0.632. The summed E-state index contributed by atoms with van der Waals surface area (Å²) in [5.41, 5.74) is 2.39. The third-order valence-corrected chi connectivity index (χ3v) is 3.57. The Hall–Kier alpha value is -1.02. The molecule has 144 valence electrons. The molecule has 1 aromatic carbocycles. The van der Waals surface area contributed by atoms with Crippen molar-refractivity contribution in [1.82, 2.24) is 10.6 Å². The molecule has 0 spiro atoms. The van der Waals surface area contributed by atoms with Crippen molar-refractivity contribution in [2.75, 3.05) is 45.3 Å². The molecule has 0 fully saturated rings. The summed E-state index contributed by atoms with van der Waals surface area (Å²) in [6, 6.07) is 8.45. The highest BCUT2D eigenvalue weighted by atomic mass is 127. The van der Waals surface area contributed by atoms with Crippen LogP contribution in [-0.2, 0) is 11.3 Å². The van der Waals surface area contributed by atoms with Gasteiger partial charge in [-0.2, -0.15) is 0 Å². The van der Waals surface area contributed by atoms with Crippen LogP contribution in [0.15, 0.2) is 29.3 Å². The summed E-state index contributed by atoms with van der Waals surface area (Å²) < 4.78 is 5.63. The first kappa shape index (κ1) is 24.0. The van der Waals surface area contributed by atoms with Gasteiger partial charge < -0.3 is 20.3 Å². The highest BCUT2D eigenvalue weighted by molar-refractivity contribution is 14.0. The number of benzene rings is 1. The van der Waals surface area contributed by atoms with Gasteiger partial charge >= 0.3 is 0 Å². The summed E-state index contributed by atoms with van der Waals surface area (Å²) in [5.74, 6) is 1.52. The second-order valence-electron chi connectivity index (χ2n) is 6.48. The van der Waals surface area contributed by atoms with E-state index in [4.69, 9.17) is 4.74 Å². The van der Waals surface area contributed by atoms with Crippen LogP contribution in [-0.4, -0.2) is 46.4 Å². The molecule has 0 atom stereocenters. The molecule has 0 aromatic heterocycles. The first-order valence-corrected chi connectivity index (χ1v) is 8.89. The third kappa shape index (κ3) is 11.3. The van der Waals surface area contributed by atoms with Crippen LogP contribution in [0.2, 0.25) is 0 Å². The number of hydrogen-bond acceptors (Lipinski definition) is 3. The molecule has 0 aliphatic rings. The topological polar surface area (TPSA) is 48.9 Å². The van der Waals surface area contributed by atoms with Gasteiger partial charge in [-0.3, -0.25) is 0 Å². The van der Waals surface area contributed by atoms with Crippen LogP contribution in [0, 0.1) is 5.92 Å². The number of hydrogen-bond donors (Lipinski definition) is 2. The van der Waals surface area contributed by atoms with Gasteiger partial charge in [-0.05, 0) is 37.0 Å². The van der Waals surface area contributed by atoms with Gasteiger partial charge in [0.2, 0.25) is 0 Å². The van der Waals surface area contributed by atoms with Gasteiger partial charge in [0.25, 0.3) is 0 Å². The maximum atomic E-state index is 5.63. The summed E-state index contributed by atoms with van der Waals surface area (Å²) in [5, 5.41) is 6.59. The Morgan fingerprint density at radius 2 is 1.96 bits per heavy atom. The van der Waals surface area contributed by atoms with E-state index in [-0.39, 0.29) is 24.0 Å². The van der Waals surface area contributed by atoms with E-state index in [0.717, 1.165) is 32.1 Å². The lowest BCUT2D eigenvalue weighted by Crippen LogP contribution is -2.39. The molecule has 25 heavy (non-hydrogen) atoms. The lowest BCUT2D eigenvalue weighted by atomic mass is 10.1. The van der Waals surface area contributed by atoms with E-state index in [1.165, 1.54) is 11.3 Å². The first-order chi connectivity index (χ1) is 11.5. The Bertz CT molecular complexity index is 492. The van der Waals surface area contributed by atoms with Crippen LogP contribution in [0.25, 0.3) is 0 Å². The number of rotatable bonds is 10. The number of anilines is 1. The smallest absolute Gasteiger partial charge is 0.191 e. The average molecular weight is 462 g/mol. The molecule has 0 saturated carbocycles. The number of nitrogens with one attached hydrogen (secondary N) is 2. The van der Waals surface area contributed by atoms with Crippen molar-refractivity contribution >= 4 is 35.6 Å². The van der Waals surface area contributed by atoms with Crippen LogP contribution in [0.1, 0.15) is 32.8 Å². The van der Waals surface area contributed by atoms with Crippen LogP contribution in [0.4, 0.5) is 5.69 Å². The lowest BCUT2D eigenvalue weighted by Gasteiger charge is -2.14. The predicted molar refractivity (Wildman–Crippen MR) is 119 cm³/mol. The second kappa shape index (κ2) is 14.2. The van der Waals surface area contributed by atoms with Gasteiger partial charge in [0.15, 0.2) is 5.96 Å². The van der Waals surface area contributed by atoms with E-state index < -0.39 is 0 Å². The van der Waals surface area contributed by atoms with Crippen molar-refractivity contribution in [3.05, 3.63) is 29.8 Å². The largest absolute Gasteiger partial charge is 0.380 e. The van der Waals surface area contributed by atoms with Crippen LogP contribution in [0.5, 0.6) is 0 Å². The Balaban J connectivity index is 0.00000576. The van der Waals surface area contributed by atoms with Gasteiger partial charge in [0, 0.05) is 39.5 Å². The molecule has 2 N–H and O–H groups in total. The van der Waals surface area contributed by atoms with E-state index in [9.17, 15) is 0 Å². The van der Waals surface area contributed by atoms with Crippen molar-refractivity contribution in [3.63, 3.8) is 0 Å². The van der Waals surface area contributed by atoms with Gasteiger partial charge in [0.05, 0.1) is 13.2 Å². The molecule has 0 aliphatic carbocycles. The third-order valence-electron chi connectivity index (χ3n) is 3.57. The van der Waals surface area contributed by atoms with Crippen molar-refractivity contribution in [2.24, 2.45) is 10.9 Å². The van der Waals surface area contributed by atoms with Crippen molar-refractivity contribution in [3.8, 4) is 0 Å². The molecule has 6 heteroatoms. The Morgan fingerprint density at radius 3 is 2.60 bits per heavy atom. The van der Waals surface area contributed by atoms with Gasteiger partial charge in [-0.1, -0.05) is 26.0 Å². The van der Waals surface area contributed by atoms with Gasteiger partial charge in [-0.15, -0.1) is 24.0 Å². The minimum atomic E-state index is 0. The SMILES string of the molecule is CCNC(=NCc1cccc(N(C)C)c1)NCCOCCC(C)C.I. The summed E-state index contributed by atoms with van der Waals surface area (Å²) >= 11 is 0. The molecule has 0 saturated heterocycles. The highest BCUT2D eigenvalue weighted by Gasteiger charge is 2.00. The standard InChI is InChI=1S/C19H34N4O.HI/c1-6-20-19(21-11-13-24-12-10-16(2)3)22-15-17-8-7-9-18(14-17)23(4)5;/h7-9,14,16H,6,10-13,15H2,1-5H3,(H2,20,21,22);1H. The normalized spacial score (nSPS) is 11.2. The van der Waals surface area contributed by atoms with Crippen LogP contribution in [0.3, 0.4) is 0 Å². The number of aliphatic imine (C=N–C) groups is 1. The van der Waals surface area contributed by atoms with E-state index >= 15 is 0 Å². The molecule has 1 aromatic rings. The number of nitrogens with zero attached hydrogens (tertiary/aromatic N) is 2. The van der Waals surface area contributed by atoms with E-state index in [0.29, 0.717) is 19.1 Å². The molecular weight excluding hydrogens is 427 g/mol. The number of ether oxygens (including phenoxy) is 1. The lowest BCUT2D eigenvalue weighted by molar-refractivity contribution is 0.128. The Kier molecular flexibility index (Phi) is 13.6. The quantitative estimate of drug-likeness (QED) is 0.242. The molecule has 0 aliphatic heterocycles. The van der Waals surface area contributed by atoms with E-state index in [1.807, 2.05) is 14.1 Å². The van der Waals surface area contributed by atoms with Gasteiger partial charge in [0.1, 0.15) is 0 Å². The summed E-state index contributed by atoms with van der Waals surface area (Å²) in [6.07, 6.45) is 1.11. The summed E-state index contributed by atoms with van der Waals surface area (Å²) in [4.78, 5) is 6.75. The maximum absolute atomic E-state index is 5.63. The van der Waals surface area contributed by atoms with Crippen molar-refractivity contribution in [2.45, 2.75) is 33.7 Å². The molecule has 0 radical (unpaired) electrons. The van der Waals surface area contributed by atoms with Crippen molar-refractivity contribution < 1.29 is 4.74 Å². The van der Waals surface area contributed by atoms with E-state index in [2.05, 4.69) is 65.6 Å². The fourth-order valence-corrected chi connectivity index (χ4v) is 2.11. The van der Waals surface area contributed by atoms with Crippen LogP contribution >= 0.6 is 24.0 Å².